The molecule has 14 heavy (non-hydrogen) atoms. The number of nitrogens with two attached hydrogens (primary N) is 1. The third-order valence-corrected chi connectivity index (χ3v) is 0.849. The average Bonchev–Trinajstić information content (AvgIpc) is 1.97. The van der Waals surface area contributed by atoms with Crippen LogP contribution >= 0.6 is 0 Å². The lowest BCUT2D eigenvalue weighted by atomic mass is 10.4. The third-order valence-electron chi connectivity index (χ3n) is 0.849. The summed E-state index contributed by atoms with van der Waals surface area (Å²) in [5, 5.41) is 43.0. The molecule has 0 spiro atoms. The van der Waals surface area contributed by atoms with Gasteiger partial charge in [-0.3, -0.25) is 10.1 Å². The molecular weight excluding hydrogens is 196 g/mol. The molecule has 0 fully saturated rings. The first-order valence-corrected chi connectivity index (χ1v) is 3.70. The van der Waals surface area contributed by atoms with Crippen molar-refractivity contribution in [2.24, 2.45) is 5.73 Å². The van der Waals surface area contributed by atoms with Crippen LogP contribution in [-0.2, 0) is 4.79 Å². The minimum atomic E-state index is -3.10. The maximum Gasteiger partial charge on any atom is 0.317 e. The van der Waals surface area contributed by atoms with Gasteiger partial charge in [0.05, 0.1) is 0 Å². The van der Waals surface area contributed by atoms with Crippen molar-refractivity contribution < 1.29 is 30.3 Å². The molecule has 86 valence electrons. The van der Waals surface area contributed by atoms with Crippen molar-refractivity contribution in [3.63, 3.8) is 0 Å². The van der Waals surface area contributed by atoms with E-state index >= 15 is 0 Å². The molecular formula is C6H16N2O6. The minimum absolute atomic E-state index is 0.185. The molecule has 0 bridgehead atoms. The normalized spacial score (nSPS) is 12.7. The lowest BCUT2D eigenvalue weighted by Crippen LogP contribution is -2.51. The zero-order valence-electron chi connectivity index (χ0n) is 7.71. The van der Waals surface area contributed by atoms with Crippen LogP contribution in [0.15, 0.2) is 0 Å². The number of nitrogens with one attached hydrogen (secondary N) is 1. The van der Waals surface area contributed by atoms with Crippen LogP contribution in [-0.4, -0.2) is 56.8 Å². The standard InChI is InChI=1S/C4H12N2O4.C2H4O2/c5-1-2-6-3(7)4(8,9)10;1-2(3)4/h3,6-10H,1-2,5H2;1H3,(H,3,4). The van der Waals surface area contributed by atoms with E-state index in [9.17, 15) is 0 Å². The van der Waals surface area contributed by atoms with Crippen molar-refractivity contribution >= 4 is 5.97 Å². The molecule has 8 heteroatoms. The van der Waals surface area contributed by atoms with Crippen molar-refractivity contribution in [1.29, 1.82) is 0 Å². The van der Waals surface area contributed by atoms with Crippen molar-refractivity contribution in [3.05, 3.63) is 0 Å². The Morgan fingerprint density at radius 1 is 1.50 bits per heavy atom. The second-order valence-corrected chi connectivity index (χ2v) is 2.35. The quantitative estimate of drug-likeness (QED) is 0.237. The van der Waals surface area contributed by atoms with Gasteiger partial charge in [0, 0.05) is 20.0 Å². The molecule has 0 aliphatic carbocycles. The first-order chi connectivity index (χ1) is 6.21. The molecule has 8 N–H and O–H groups in total. The molecule has 0 aromatic rings. The largest absolute Gasteiger partial charge is 0.481 e. The Hall–Kier alpha value is -0.770. The highest BCUT2D eigenvalue weighted by Crippen LogP contribution is 1.96. The minimum Gasteiger partial charge on any atom is -0.481 e. The summed E-state index contributed by atoms with van der Waals surface area (Å²) in [5.41, 5.74) is 5.00. The van der Waals surface area contributed by atoms with Crippen molar-refractivity contribution in [3.8, 4) is 0 Å². The van der Waals surface area contributed by atoms with Crippen LogP contribution in [0, 0.1) is 0 Å². The predicted octanol–water partition coefficient (Wildman–Crippen LogP) is -3.43. The Kier molecular flexibility index (Phi) is 8.54. The number of aliphatic hydroxyl groups excluding tert-OH is 1. The summed E-state index contributed by atoms with van der Waals surface area (Å²) in [6.45, 7) is 1.50. The summed E-state index contributed by atoms with van der Waals surface area (Å²) in [4.78, 5) is 9.00. The van der Waals surface area contributed by atoms with Crippen molar-refractivity contribution in [2.75, 3.05) is 13.1 Å². The number of carboxylic acids is 1. The Labute approximate surface area is 80.6 Å². The Morgan fingerprint density at radius 3 is 2.07 bits per heavy atom. The second kappa shape index (κ2) is 7.62. The van der Waals surface area contributed by atoms with Gasteiger partial charge < -0.3 is 31.3 Å². The molecule has 0 amide bonds. The summed E-state index contributed by atoms with van der Waals surface area (Å²) >= 11 is 0. The number of carbonyl (C=O) groups is 1. The van der Waals surface area contributed by atoms with E-state index in [1.54, 1.807) is 0 Å². The van der Waals surface area contributed by atoms with Gasteiger partial charge in [-0.25, -0.2) is 0 Å². The van der Waals surface area contributed by atoms with Gasteiger partial charge in [-0.2, -0.15) is 0 Å². The summed E-state index contributed by atoms with van der Waals surface area (Å²) in [7, 11) is 0. The SMILES string of the molecule is CC(=O)O.NCCNC(O)C(O)(O)O. The molecule has 0 heterocycles. The first kappa shape index (κ1) is 15.7. The topological polar surface area (TPSA) is 156 Å². The van der Waals surface area contributed by atoms with Gasteiger partial charge in [-0.05, 0) is 0 Å². The fraction of sp³-hybridized carbons (Fsp3) is 0.833. The number of aliphatic hydroxyl groups is 4. The summed E-state index contributed by atoms with van der Waals surface area (Å²) < 4.78 is 0. The zero-order valence-corrected chi connectivity index (χ0v) is 7.71. The molecule has 8 nitrogen and oxygen atoms in total. The predicted molar refractivity (Wildman–Crippen MR) is 45.8 cm³/mol. The lowest BCUT2D eigenvalue weighted by molar-refractivity contribution is -0.359. The molecule has 0 aliphatic heterocycles. The summed E-state index contributed by atoms with van der Waals surface area (Å²) in [6, 6.07) is 0. The van der Waals surface area contributed by atoms with E-state index in [-0.39, 0.29) is 13.1 Å². The van der Waals surface area contributed by atoms with E-state index in [0.29, 0.717) is 0 Å². The molecule has 0 saturated heterocycles. The van der Waals surface area contributed by atoms with E-state index < -0.39 is 18.2 Å². The van der Waals surface area contributed by atoms with Gasteiger partial charge in [0.15, 0.2) is 6.23 Å². The average molecular weight is 212 g/mol. The molecule has 0 aromatic heterocycles. The zero-order chi connectivity index (χ0) is 11.8. The van der Waals surface area contributed by atoms with Crippen LogP contribution in [0.3, 0.4) is 0 Å². The van der Waals surface area contributed by atoms with Crippen LogP contribution in [0.25, 0.3) is 0 Å². The van der Waals surface area contributed by atoms with E-state index in [4.69, 9.17) is 36.1 Å². The van der Waals surface area contributed by atoms with Gasteiger partial charge in [0.1, 0.15) is 0 Å². The number of rotatable bonds is 4. The smallest absolute Gasteiger partial charge is 0.317 e. The fourth-order valence-electron chi connectivity index (χ4n) is 0.357. The first-order valence-electron chi connectivity index (χ1n) is 3.70. The Bertz CT molecular complexity index is 153. The molecule has 0 rings (SSSR count). The fourth-order valence-corrected chi connectivity index (χ4v) is 0.357. The van der Waals surface area contributed by atoms with Gasteiger partial charge in [0.25, 0.3) is 5.97 Å². The maximum atomic E-state index is 9.00. The van der Waals surface area contributed by atoms with E-state index in [1.165, 1.54) is 0 Å². The van der Waals surface area contributed by atoms with Gasteiger partial charge in [0.2, 0.25) is 0 Å². The number of aliphatic carboxylic acids is 1. The molecule has 0 radical (unpaired) electrons. The van der Waals surface area contributed by atoms with Gasteiger partial charge in [-0.15, -0.1) is 0 Å². The third kappa shape index (κ3) is 13.8. The van der Waals surface area contributed by atoms with Crippen molar-refractivity contribution in [1.82, 2.24) is 5.32 Å². The van der Waals surface area contributed by atoms with Crippen LogP contribution in [0.5, 0.6) is 0 Å². The van der Waals surface area contributed by atoms with Gasteiger partial charge in [-0.1, -0.05) is 0 Å². The highest BCUT2D eigenvalue weighted by atomic mass is 16.7. The maximum absolute atomic E-state index is 9.00. The molecule has 1 atom stereocenters. The van der Waals surface area contributed by atoms with E-state index in [0.717, 1.165) is 6.92 Å². The number of hydrogen-bond acceptors (Lipinski definition) is 7. The second-order valence-electron chi connectivity index (χ2n) is 2.35. The van der Waals surface area contributed by atoms with E-state index in [1.807, 2.05) is 0 Å². The summed E-state index contributed by atoms with van der Waals surface area (Å²) in [6.07, 6.45) is -1.80. The molecule has 0 aromatic carbocycles. The highest BCUT2D eigenvalue weighted by molar-refractivity contribution is 5.62. The Balaban J connectivity index is 0. The monoisotopic (exact) mass is 212 g/mol. The van der Waals surface area contributed by atoms with Crippen LogP contribution in [0.2, 0.25) is 0 Å². The summed E-state index contributed by atoms with van der Waals surface area (Å²) in [5.74, 6) is -3.94. The van der Waals surface area contributed by atoms with Crippen LogP contribution < -0.4 is 11.1 Å². The Morgan fingerprint density at radius 2 is 1.86 bits per heavy atom. The molecule has 0 aliphatic rings. The lowest BCUT2D eigenvalue weighted by Gasteiger charge is -2.21. The number of hydrogen-bond donors (Lipinski definition) is 7. The van der Waals surface area contributed by atoms with Gasteiger partial charge >= 0.3 is 5.97 Å². The van der Waals surface area contributed by atoms with Crippen LogP contribution in [0.4, 0.5) is 0 Å². The van der Waals surface area contributed by atoms with E-state index in [2.05, 4.69) is 5.32 Å². The van der Waals surface area contributed by atoms with Crippen molar-refractivity contribution in [2.45, 2.75) is 19.1 Å². The molecule has 1 unspecified atom stereocenters. The highest BCUT2D eigenvalue weighted by Gasteiger charge is 2.29. The number of carboxylic acid groups (broad SMARTS) is 1. The van der Waals surface area contributed by atoms with Crippen LogP contribution in [0.1, 0.15) is 6.92 Å². The molecule has 0 saturated carbocycles.